The van der Waals surface area contributed by atoms with E-state index in [4.69, 9.17) is 22.3 Å². The van der Waals surface area contributed by atoms with Gasteiger partial charge in [0.25, 0.3) is 0 Å². The summed E-state index contributed by atoms with van der Waals surface area (Å²) in [5.41, 5.74) is 0.513. The van der Waals surface area contributed by atoms with Gasteiger partial charge in [0.05, 0.1) is 12.2 Å². The number of carbonyl (C=O) groups excluding carboxylic acids is 1. The van der Waals surface area contributed by atoms with Gasteiger partial charge in [0.2, 0.25) is 0 Å². The molecule has 1 rings (SSSR count). The molecule has 1 heterocycles. The fraction of sp³-hybridized carbons (Fsp3) is 0.400. The Bertz CT molecular complexity index is 437. The van der Waals surface area contributed by atoms with Crippen molar-refractivity contribution in [1.29, 1.82) is 0 Å². The zero-order chi connectivity index (χ0) is 14.0. The van der Waals surface area contributed by atoms with Crippen LogP contribution in [-0.2, 0) is 15.1 Å². The second kappa shape index (κ2) is 8.56. The Morgan fingerprint density at radius 1 is 1.44 bits per heavy atom. The fourth-order valence-electron chi connectivity index (χ4n) is 0.876. The molecular formula is C10H13NO6S-2. The third-order valence-electron chi connectivity index (χ3n) is 1.63. The molecule has 0 fully saturated rings. The Balaban J connectivity index is 0.000000494. The van der Waals surface area contributed by atoms with E-state index < -0.39 is 10.4 Å². The first-order valence-electron chi connectivity index (χ1n) is 5.08. The first-order chi connectivity index (χ1) is 8.34. The van der Waals surface area contributed by atoms with Gasteiger partial charge in [-0.2, -0.15) is 0 Å². The summed E-state index contributed by atoms with van der Waals surface area (Å²) in [6, 6.07) is 3.41. The summed E-state index contributed by atoms with van der Waals surface area (Å²) < 4.78 is 39.1. The molecule has 0 radical (unpaired) electrons. The van der Waals surface area contributed by atoms with Gasteiger partial charge in [0.15, 0.2) is 0 Å². The molecule has 1 aromatic rings. The molecule has 1 aromatic heterocycles. The lowest BCUT2D eigenvalue weighted by Gasteiger charge is -2.06. The number of hydrogen-bond acceptors (Lipinski definition) is 7. The van der Waals surface area contributed by atoms with Crippen LogP contribution in [0.25, 0.3) is 0 Å². The summed E-state index contributed by atoms with van der Waals surface area (Å²) in [5, 5.41) is 0. The highest BCUT2D eigenvalue weighted by Gasteiger charge is 2.04. The topological polar surface area (TPSA) is 119 Å². The second-order valence-corrected chi connectivity index (χ2v) is 3.96. The van der Waals surface area contributed by atoms with Crippen molar-refractivity contribution in [3.05, 3.63) is 30.1 Å². The van der Waals surface area contributed by atoms with Crippen molar-refractivity contribution in [1.82, 2.24) is 4.98 Å². The van der Waals surface area contributed by atoms with Crippen molar-refractivity contribution in [2.75, 3.05) is 6.61 Å². The van der Waals surface area contributed by atoms with Crippen molar-refractivity contribution >= 4 is 16.4 Å². The van der Waals surface area contributed by atoms with Gasteiger partial charge in [0, 0.05) is 22.8 Å². The van der Waals surface area contributed by atoms with Crippen molar-refractivity contribution in [2.45, 2.75) is 19.8 Å². The molecule has 0 N–H and O–H groups in total. The highest BCUT2D eigenvalue weighted by atomic mass is 32.3. The number of esters is 1. The quantitative estimate of drug-likeness (QED) is 0.343. The van der Waals surface area contributed by atoms with Gasteiger partial charge in [-0.05, 0) is 18.6 Å². The molecule has 0 unspecified atom stereocenters. The summed E-state index contributed by atoms with van der Waals surface area (Å²) in [7, 11) is -5.17. The summed E-state index contributed by atoms with van der Waals surface area (Å²) >= 11 is 0. The standard InChI is InChI=1S/C10H13NO2.H2O4S/c1-2-3-7-13-10(12)9-5-4-6-11-8-9;1-5(2,3)4/h4-6,8H,2-3,7H2,1H3;(H2,1,2,3,4)/p-2. The predicted molar refractivity (Wildman–Crippen MR) is 59.9 cm³/mol. The van der Waals surface area contributed by atoms with Crippen LogP contribution in [0.2, 0.25) is 0 Å². The Morgan fingerprint density at radius 3 is 2.50 bits per heavy atom. The molecule has 18 heavy (non-hydrogen) atoms. The fourth-order valence-corrected chi connectivity index (χ4v) is 0.876. The molecule has 0 aliphatic rings. The maximum atomic E-state index is 11.3. The average molecular weight is 275 g/mol. The normalized spacial score (nSPS) is 10.2. The van der Waals surface area contributed by atoms with E-state index in [0.717, 1.165) is 12.8 Å². The van der Waals surface area contributed by atoms with E-state index in [1.807, 2.05) is 0 Å². The van der Waals surface area contributed by atoms with Crippen LogP contribution in [0.15, 0.2) is 24.5 Å². The number of carbonyl (C=O) groups is 1. The number of pyridine rings is 1. The number of rotatable bonds is 4. The summed E-state index contributed by atoms with van der Waals surface area (Å²) in [6.07, 6.45) is 5.07. The zero-order valence-corrected chi connectivity index (χ0v) is 10.6. The van der Waals surface area contributed by atoms with Crippen molar-refractivity contribution < 1.29 is 27.1 Å². The van der Waals surface area contributed by atoms with Gasteiger partial charge >= 0.3 is 5.97 Å². The Hall–Kier alpha value is -1.51. The van der Waals surface area contributed by atoms with Gasteiger partial charge in [0.1, 0.15) is 0 Å². The Morgan fingerprint density at radius 2 is 2.06 bits per heavy atom. The Labute approximate surface area is 105 Å². The van der Waals surface area contributed by atoms with Crippen LogP contribution >= 0.6 is 0 Å². The number of hydrogen-bond donors (Lipinski definition) is 0. The molecule has 0 amide bonds. The molecule has 0 saturated heterocycles. The summed E-state index contributed by atoms with van der Waals surface area (Å²) in [4.78, 5) is 15.1. The first kappa shape index (κ1) is 16.5. The first-order valence-corrected chi connectivity index (χ1v) is 6.41. The average Bonchev–Trinajstić information content (AvgIpc) is 2.28. The largest absolute Gasteiger partial charge is 0.759 e. The Kier molecular flexibility index (Phi) is 7.84. The highest BCUT2D eigenvalue weighted by Crippen LogP contribution is 1.99. The maximum Gasteiger partial charge on any atom is 0.339 e. The molecule has 0 aromatic carbocycles. The summed E-state index contributed by atoms with van der Waals surface area (Å²) in [5.74, 6) is -0.290. The van der Waals surface area contributed by atoms with E-state index >= 15 is 0 Å². The van der Waals surface area contributed by atoms with E-state index in [2.05, 4.69) is 11.9 Å². The molecule has 0 aliphatic carbocycles. The third kappa shape index (κ3) is 11.0. The monoisotopic (exact) mass is 275 g/mol. The van der Waals surface area contributed by atoms with Gasteiger partial charge in [-0.1, -0.05) is 13.3 Å². The predicted octanol–water partition coefficient (Wildman–Crippen LogP) is 0.701. The minimum absolute atomic E-state index is 0.290. The number of aromatic nitrogens is 1. The lowest BCUT2D eigenvalue weighted by atomic mass is 10.3. The van der Waals surface area contributed by atoms with Gasteiger partial charge in [-0.3, -0.25) is 13.4 Å². The molecule has 0 bridgehead atoms. The molecule has 102 valence electrons. The van der Waals surface area contributed by atoms with E-state index in [-0.39, 0.29) is 5.97 Å². The molecule has 0 atom stereocenters. The van der Waals surface area contributed by atoms with E-state index in [1.54, 1.807) is 18.3 Å². The van der Waals surface area contributed by atoms with E-state index in [0.29, 0.717) is 12.2 Å². The maximum absolute atomic E-state index is 11.3. The van der Waals surface area contributed by atoms with Crippen LogP contribution in [-0.4, -0.2) is 35.1 Å². The van der Waals surface area contributed by atoms with Crippen LogP contribution in [0.4, 0.5) is 0 Å². The molecule has 7 nitrogen and oxygen atoms in total. The van der Waals surface area contributed by atoms with Crippen molar-refractivity contribution in [2.24, 2.45) is 0 Å². The third-order valence-corrected chi connectivity index (χ3v) is 1.63. The van der Waals surface area contributed by atoms with E-state index in [9.17, 15) is 4.79 Å². The van der Waals surface area contributed by atoms with Crippen LogP contribution < -0.4 is 0 Å². The lowest BCUT2D eigenvalue weighted by Crippen LogP contribution is -2.06. The molecule has 8 heteroatoms. The van der Waals surface area contributed by atoms with Crippen molar-refractivity contribution in [3.63, 3.8) is 0 Å². The molecular weight excluding hydrogens is 262 g/mol. The number of unbranched alkanes of at least 4 members (excludes halogenated alkanes) is 1. The van der Waals surface area contributed by atoms with Crippen LogP contribution in [0.1, 0.15) is 30.1 Å². The van der Waals surface area contributed by atoms with Gasteiger partial charge < -0.3 is 13.8 Å². The zero-order valence-electron chi connectivity index (χ0n) is 9.74. The van der Waals surface area contributed by atoms with Gasteiger partial charge in [-0.25, -0.2) is 4.79 Å². The minimum Gasteiger partial charge on any atom is -0.759 e. The SMILES string of the molecule is CCCCOC(=O)c1cccnc1.O=S(=O)([O-])[O-]. The number of nitrogens with zero attached hydrogens (tertiary/aromatic N) is 1. The second-order valence-electron chi connectivity index (χ2n) is 3.14. The van der Waals surface area contributed by atoms with E-state index in [1.165, 1.54) is 6.20 Å². The molecule has 0 aliphatic heterocycles. The number of ether oxygens (including phenoxy) is 1. The van der Waals surface area contributed by atoms with Crippen LogP contribution in [0.3, 0.4) is 0 Å². The molecule has 0 spiro atoms. The smallest absolute Gasteiger partial charge is 0.339 e. The van der Waals surface area contributed by atoms with Crippen LogP contribution in [0, 0.1) is 0 Å². The van der Waals surface area contributed by atoms with Gasteiger partial charge in [-0.15, -0.1) is 0 Å². The minimum atomic E-state index is -5.17. The molecule has 0 saturated carbocycles. The van der Waals surface area contributed by atoms with Crippen LogP contribution in [0.5, 0.6) is 0 Å². The lowest BCUT2D eigenvalue weighted by molar-refractivity contribution is 0.0499. The van der Waals surface area contributed by atoms with Crippen molar-refractivity contribution in [3.8, 4) is 0 Å². The summed E-state index contributed by atoms with van der Waals surface area (Å²) in [6.45, 7) is 2.54. The highest BCUT2D eigenvalue weighted by molar-refractivity contribution is 7.79.